The SMILES string of the molecule is N#Cc1c(-c2cccc3c2[nH]c2ccccc23)c(-n2c3ccccc3c3c4oc5ccccc5c4ccc32)c(C#N)c(-c2cccc3c2[nH]c2ccccc23)c1-n1c2ccccc2c2c3oc4ccccc4c3ccc21. The van der Waals surface area contributed by atoms with Gasteiger partial charge in [-0.15, -0.1) is 0 Å². The fourth-order valence-electron chi connectivity index (χ4n) is 13.0. The van der Waals surface area contributed by atoms with Crippen LogP contribution in [0.4, 0.5) is 0 Å². The molecule has 76 heavy (non-hydrogen) atoms. The molecule has 0 aliphatic rings. The molecule has 6 heterocycles. The Morgan fingerprint density at radius 1 is 0.329 bits per heavy atom. The molecule has 17 rings (SSSR count). The highest BCUT2D eigenvalue weighted by molar-refractivity contribution is 6.27. The zero-order valence-corrected chi connectivity index (χ0v) is 40.2. The average Bonchev–Trinajstić information content (AvgIpc) is 4.48. The van der Waals surface area contributed by atoms with E-state index in [1.165, 1.54) is 0 Å². The number of fused-ring (bicyclic) bond motifs is 20. The van der Waals surface area contributed by atoms with Gasteiger partial charge in [0.1, 0.15) is 34.5 Å². The number of nitrogens with zero attached hydrogens (tertiary/aromatic N) is 4. The maximum atomic E-state index is 12.6. The summed E-state index contributed by atoms with van der Waals surface area (Å²) in [6.07, 6.45) is 0. The molecule has 0 aliphatic heterocycles. The van der Waals surface area contributed by atoms with E-state index >= 15 is 0 Å². The second-order valence-corrected chi connectivity index (χ2v) is 19.8. The van der Waals surface area contributed by atoms with Crippen LogP contribution in [0.2, 0.25) is 0 Å². The van der Waals surface area contributed by atoms with Crippen molar-refractivity contribution in [3.8, 4) is 45.8 Å². The molecule has 11 aromatic carbocycles. The fourth-order valence-corrected chi connectivity index (χ4v) is 13.0. The Labute approximate surface area is 430 Å². The molecule has 2 N–H and O–H groups in total. The van der Waals surface area contributed by atoms with Crippen LogP contribution in [0.5, 0.6) is 0 Å². The van der Waals surface area contributed by atoms with Gasteiger partial charge in [-0.2, -0.15) is 10.5 Å². The van der Waals surface area contributed by atoms with Crippen molar-refractivity contribution < 1.29 is 8.83 Å². The predicted octanol–water partition coefficient (Wildman–Crippen LogP) is 18.0. The maximum absolute atomic E-state index is 12.6. The van der Waals surface area contributed by atoms with Crippen LogP contribution in [0.15, 0.2) is 215 Å². The normalized spacial score (nSPS) is 12.2. The number of rotatable bonds is 4. The molecular weight excluding hydrogens is 933 g/mol. The zero-order chi connectivity index (χ0) is 49.9. The Balaban J connectivity index is 1.14. The second-order valence-electron chi connectivity index (χ2n) is 19.8. The number of aromatic amines is 2. The van der Waals surface area contributed by atoms with E-state index in [0.717, 1.165) is 142 Å². The second kappa shape index (κ2) is 14.9. The fraction of sp³-hybridized carbons (Fsp3) is 0. The van der Waals surface area contributed by atoms with Crippen molar-refractivity contribution in [1.82, 2.24) is 19.1 Å². The van der Waals surface area contributed by atoms with Crippen LogP contribution in [0, 0.1) is 22.7 Å². The molecule has 8 heteroatoms. The molecule has 0 fully saturated rings. The number of H-pyrrole nitrogens is 2. The number of aromatic nitrogens is 4. The molecule has 0 amide bonds. The molecule has 8 nitrogen and oxygen atoms in total. The summed E-state index contributed by atoms with van der Waals surface area (Å²) < 4.78 is 18.1. The van der Waals surface area contributed by atoms with Gasteiger partial charge >= 0.3 is 0 Å². The number of para-hydroxylation sites is 8. The van der Waals surface area contributed by atoms with Gasteiger partial charge in [-0.3, -0.25) is 0 Å². The van der Waals surface area contributed by atoms with Gasteiger partial charge in [0.2, 0.25) is 0 Å². The third-order valence-electron chi connectivity index (χ3n) is 16.1. The Bertz CT molecular complexity index is 5180. The summed E-state index contributed by atoms with van der Waals surface area (Å²) in [6, 6.07) is 76.5. The number of hydrogen-bond donors (Lipinski definition) is 2. The van der Waals surface area contributed by atoms with E-state index in [9.17, 15) is 10.5 Å². The molecule has 0 bridgehead atoms. The summed E-state index contributed by atoms with van der Waals surface area (Å²) in [4.78, 5) is 7.62. The van der Waals surface area contributed by atoms with Gasteiger partial charge in [0.05, 0.1) is 66.4 Å². The van der Waals surface area contributed by atoms with Gasteiger partial charge in [0.15, 0.2) is 0 Å². The number of hydrogen-bond acceptors (Lipinski definition) is 4. The van der Waals surface area contributed by atoms with Crippen molar-refractivity contribution in [3.63, 3.8) is 0 Å². The Hall–Kier alpha value is -10.8. The van der Waals surface area contributed by atoms with Crippen LogP contribution < -0.4 is 0 Å². The minimum atomic E-state index is 0.395. The molecule has 6 aromatic heterocycles. The monoisotopic (exact) mass is 968 g/mol. The maximum Gasteiger partial charge on any atom is 0.145 e. The molecule has 0 saturated heterocycles. The molecular formula is C68H36N6O2. The van der Waals surface area contributed by atoms with Gasteiger partial charge in [0.25, 0.3) is 0 Å². The van der Waals surface area contributed by atoms with E-state index in [1.807, 2.05) is 60.7 Å². The van der Waals surface area contributed by atoms with Crippen LogP contribution >= 0.6 is 0 Å². The van der Waals surface area contributed by atoms with Crippen molar-refractivity contribution in [1.29, 1.82) is 10.5 Å². The summed E-state index contributed by atoms with van der Waals surface area (Å²) in [5.41, 5.74) is 14.9. The molecule has 0 spiro atoms. The molecule has 0 atom stereocenters. The van der Waals surface area contributed by atoms with Gasteiger partial charge in [0, 0.05) is 87.1 Å². The van der Waals surface area contributed by atoms with Crippen molar-refractivity contribution in [2.24, 2.45) is 0 Å². The predicted molar refractivity (Wildman–Crippen MR) is 309 cm³/mol. The minimum Gasteiger partial charge on any atom is -0.455 e. The minimum absolute atomic E-state index is 0.395. The molecule has 0 saturated carbocycles. The van der Waals surface area contributed by atoms with Crippen molar-refractivity contribution in [2.45, 2.75) is 0 Å². The van der Waals surface area contributed by atoms with Crippen molar-refractivity contribution >= 4 is 131 Å². The lowest BCUT2D eigenvalue weighted by Gasteiger charge is -2.25. The molecule has 0 radical (unpaired) electrons. The topological polar surface area (TPSA) is 115 Å². The van der Waals surface area contributed by atoms with Gasteiger partial charge in [-0.25, -0.2) is 0 Å². The van der Waals surface area contributed by atoms with Gasteiger partial charge in [-0.1, -0.05) is 146 Å². The lowest BCUT2D eigenvalue weighted by atomic mass is 9.85. The lowest BCUT2D eigenvalue weighted by Crippen LogP contribution is -2.11. The van der Waals surface area contributed by atoms with Crippen molar-refractivity contribution in [3.05, 3.63) is 217 Å². The standard InChI is InChI=1S/C68H36N6O2/c69-35-49-59(47-23-13-21-41-37-15-1-7-25-51(37)71-63(41)47)65(73-53-27-9-3-19-45(53)61-55(73)33-31-43-39-17-5-11-29-57(39)75-67(43)61)50(36-70)60(48-24-14-22-42-38-16-2-8-26-52(38)72-64(42)48)66(49)74-54-28-10-4-20-46(54)62-56(74)34-32-44-40-18-6-12-30-58(40)76-68(44)62/h1-34,71-72H. The van der Waals surface area contributed by atoms with Gasteiger partial charge < -0.3 is 27.9 Å². The summed E-state index contributed by atoms with van der Waals surface area (Å²) >= 11 is 0. The van der Waals surface area contributed by atoms with E-state index < -0.39 is 0 Å². The first-order valence-corrected chi connectivity index (χ1v) is 25.4. The molecule has 0 aliphatic carbocycles. The summed E-state index contributed by atoms with van der Waals surface area (Å²) in [5.74, 6) is 0. The Morgan fingerprint density at radius 3 is 1.16 bits per heavy atom. The first kappa shape index (κ1) is 40.8. The highest BCUT2D eigenvalue weighted by Gasteiger charge is 2.34. The van der Waals surface area contributed by atoms with Crippen molar-refractivity contribution in [2.75, 3.05) is 0 Å². The molecule has 17 aromatic rings. The highest BCUT2D eigenvalue weighted by atomic mass is 16.3. The van der Waals surface area contributed by atoms with Crippen LogP contribution in [0.1, 0.15) is 11.1 Å². The smallest absolute Gasteiger partial charge is 0.145 e. The van der Waals surface area contributed by atoms with E-state index in [1.54, 1.807) is 0 Å². The third-order valence-corrected chi connectivity index (χ3v) is 16.1. The van der Waals surface area contributed by atoms with E-state index in [4.69, 9.17) is 8.83 Å². The van der Waals surface area contributed by atoms with E-state index in [-0.39, 0.29) is 0 Å². The third kappa shape index (κ3) is 5.18. The van der Waals surface area contributed by atoms with Crippen LogP contribution in [0.3, 0.4) is 0 Å². The zero-order valence-electron chi connectivity index (χ0n) is 40.2. The number of nitrogens with one attached hydrogen (secondary N) is 2. The Kier molecular flexibility index (Phi) is 7.99. The summed E-state index contributed by atoms with van der Waals surface area (Å²) in [6.45, 7) is 0. The number of furan rings is 2. The quantitative estimate of drug-likeness (QED) is 0.183. The first-order valence-electron chi connectivity index (χ1n) is 25.4. The van der Waals surface area contributed by atoms with Crippen LogP contribution in [-0.2, 0) is 0 Å². The highest BCUT2D eigenvalue weighted by Crippen LogP contribution is 2.52. The summed E-state index contributed by atoms with van der Waals surface area (Å²) in [5, 5.41) is 37.1. The van der Waals surface area contributed by atoms with Gasteiger partial charge in [-0.05, 0) is 60.7 Å². The number of benzene rings is 11. The van der Waals surface area contributed by atoms with E-state index in [2.05, 4.69) is 177 Å². The molecule has 0 unspecified atom stereocenters. The lowest BCUT2D eigenvalue weighted by molar-refractivity contribution is 0.672. The average molecular weight is 969 g/mol. The first-order chi connectivity index (χ1) is 37.7. The Morgan fingerprint density at radius 2 is 0.711 bits per heavy atom. The van der Waals surface area contributed by atoms with E-state index in [0.29, 0.717) is 33.6 Å². The van der Waals surface area contributed by atoms with Crippen LogP contribution in [-0.4, -0.2) is 19.1 Å². The van der Waals surface area contributed by atoms with Crippen LogP contribution in [0.25, 0.3) is 165 Å². The summed E-state index contributed by atoms with van der Waals surface area (Å²) in [7, 11) is 0. The largest absolute Gasteiger partial charge is 0.455 e. The number of nitriles is 2. The molecule has 350 valence electrons.